The fourth-order valence-corrected chi connectivity index (χ4v) is 4.28. The molecule has 0 saturated carbocycles. The summed E-state index contributed by atoms with van der Waals surface area (Å²) >= 11 is 0. The Morgan fingerprint density at radius 1 is 0.909 bits per heavy atom. The molecule has 4 aromatic rings. The zero-order valence-corrected chi connectivity index (χ0v) is 18.6. The number of hydrogen-bond acceptors (Lipinski definition) is 4. The molecule has 0 aliphatic carbocycles. The summed E-state index contributed by atoms with van der Waals surface area (Å²) in [6.45, 7) is 4.31. The van der Waals surface area contributed by atoms with Crippen LogP contribution in [0.4, 0.5) is 5.69 Å². The van der Waals surface area contributed by atoms with Crippen LogP contribution in [0.15, 0.2) is 79.0 Å². The molecule has 0 spiro atoms. The van der Waals surface area contributed by atoms with Crippen molar-refractivity contribution in [3.8, 4) is 11.5 Å². The van der Waals surface area contributed by atoms with Crippen LogP contribution in [-0.2, 0) is 17.8 Å². The SMILES string of the molecule is O=C(Cc1ccc(Oc2ccccc2)cc1)Nc1ccc2c(cnn2CCN2CCCC2)c1. The molecule has 5 rings (SSSR count). The van der Waals surface area contributed by atoms with Crippen LogP contribution in [-0.4, -0.2) is 40.2 Å². The van der Waals surface area contributed by atoms with Crippen LogP contribution >= 0.6 is 0 Å². The number of nitrogens with one attached hydrogen (secondary N) is 1. The van der Waals surface area contributed by atoms with Gasteiger partial charge in [-0.25, -0.2) is 0 Å². The first-order valence-corrected chi connectivity index (χ1v) is 11.5. The Hall–Kier alpha value is -3.64. The number of para-hydroxylation sites is 1. The number of anilines is 1. The highest BCUT2D eigenvalue weighted by atomic mass is 16.5. The molecule has 1 aliphatic heterocycles. The Balaban J connectivity index is 1.16. The van der Waals surface area contributed by atoms with Gasteiger partial charge in [0.25, 0.3) is 0 Å². The van der Waals surface area contributed by atoms with Crippen molar-refractivity contribution in [3.63, 3.8) is 0 Å². The maximum absolute atomic E-state index is 12.6. The van der Waals surface area contributed by atoms with Gasteiger partial charge in [-0.3, -0.25) is 9.48 Å². The van der Waals surface area contributed by atoms with Gasteiger partial charge in [-0.2, -0.15) is 5.10 Å². The van der Waals surface area contributed by atoms with Crippen LogP contribution in [0.2, 0.25) is 0 Å². The zero-order valence-electron chi connectivity index (χ0n) is 18.6. The van der Waals surface area contributed by atoms with E-state index in [1.54, 1.807) is 0 Å². The van der Waals surface area contributed by atoms with E-state index in [9.17, 15) is 4.79 Å². The number of benzene rings is 3. The summed E-state index contributed by atoms with van der Waals surface area (Å²) in [5.74, 6) is 1.49. The topological polar surface area (TPSA) is 59.4 Å². The third-order valence-corrected chi connectivity index (χ3v) is 6.02. The van der Waals surface area contributed by atoms with Crippen LogP contribution in [0.25, 0.3) is 10.9 Å². The minimum Gasteiger partial charge on any atom is -0.457 e. The minimum absolute atomic E-state index is 0.0486. The lowest BCUT2D eigenvalue weighted by atomic mass is 10.1. The molecule has 1 amide bonds. The average Bonchev–Trinajstić information content (AvgIpc) is 3.49. The monoisotopic (exact) mass is 440 g/mol. The number of hydrogen-bond donors (Lipinski definition) is 1. The summed E-state index contributed by atoms with van der Waals surface area (Å²) in [6.07, 6.45) is 4.78. The summed E-state index contributed by atoms with van der Waals surface area (Å²) in [6, 6.07) is 23.2. The van der Waals surface area contributed by atoms with Crippen molar-refractivity contribution in [2.45, 2.75) is 25.8 Å². The molecule has 6 heteroatoms. The summed E-state index contributed by atoms with van der Waals surface area (Å²) < 4.78 is 7.87. The fourth-order valence-electron chi connectivity index (χ4n) is 4.28. The lowest BCUT2D eigenvalue weighted by Crippen LogP contribution is -2.24. The lowest BCUT2D eigenvalue weighted by molar-refractivity contribution is -0.115. The first kappa shape index (κ1) is 21.2. The Bertz CT molecular complexity index is 1210. The number of aromatic nitrogens is 2. The maximum Gasteiger partial charge on any atom is 0.228 e. The van der Waals surface area contributed by atoms with E-state index in [2.05, 4.69) is 20.0 Å². The number of rotatable bonds is 8. The van der Waals surface area contributed by atoms with Crippen molar-refractivity contribution in [2.75, 3.05) is 25.0 Å². The van der Waals surface area contributed by atoms with E-state index in [1.807, 2.05) is 79.0 Å². The molecular formula is C27H28N4O2. The number of carbonyl (C=O) groups excluding carboxylic acids is 1. The molecule has 0 unspecified atom stereocenters. The third kappa shape index (κ3) is 5.41. The molecule has 1 aliphatic rings. The quantitative estimate of drug-likeness (QED) is 0.414. The molecule has 2 heterocycles. The van der Waals surface area contributed by atoms with Crippen molar-refractivity contribution in [2.24, 2.45) is 0 Å². The predicted octanol–water partition coefficient (Wildman–Crippen LogP) is 5.11. The van der Waals surface area contributed by atoms with E-state index in [-0.39, 0.29) is 5.91 Å². The Morgan fingerprint density at radius 2 is 1.67 bits per heavy atom. The van der Waals surface area contributed by atoms with Crippen molar-refractivity contribution in [3.05, 3.63) is 84.6 Å². The second-order valence-electron chi connectivity index (χ2n) is 8.47. The number of nitrogens with zero attached hydrogens (tertiary/aromatic N) is 3. The van der Waals surface area contributed by atoms with Gasteiger partial charge in [0.15, 0.2) is 0 Å². The molecule has 1 saturated heterocycles. The molecule has 0 radical (unpaired) electrons. The van der Waals surface area contributed by atoms with E-state index in [4.69, 9.17) is 4.74 Å². The van der Waals surface area contributed by atoms with Crippen LogP contribution < -0.4 is 10.1 Å². The van der Waals surface area contributed by atoms with Crippen LogP contribution in [0.5, 0.6) is 11.5 Å². The fraction of sp³-hybridized carbons (Fsp3) is 0.259. The Morgan fingerprint density at radius 3 is 2.45 bits per heavy atom. The number of carbonyl (C=O) groups is 1. The smallest absolute Gasteiger partial charge is 0.228 e. The predicted molar refractivity (Wildman–Crippen MR) is 131 cm³/mol. The highest BCUT2D eigenvalue weighted by Crippen LogP contribution is 2.22. The first-order chi connectivity index (χ1) is 16.2. The molecule has 1 N–H and O–H groups in total. The van der Waals surface area contributed by atoms with Gasteiger partial charge in [-0.05, 0) is 74.0 Å². The molecule has 168 valence electrons. The lowest BCUT2D eigenvalue weighted by Gasteiger charge is -2.14. The largest absolute Gasteiger partial charge is 0.457 e. The van der Waals surface area contributed by atoms with Gasteiger partial charge in [0.05, 0.1) is 24.7 Å². The van der Waals surface area contributed by atoms with Gasteiger partial charge in [0, 0.05) is 17.6 Å². The summed E-state index contributed by atoms with van der Waals surface area (Å²) in [5.41, 5.74) is 2.82. The minimum atomic E-state index is -0.0486. The van der Waals surface area contributed by atoms with Crippen molar-refractivity contribution in [1.29, 1.82) is 0 Å². The van der Waals surface area contributed by atoms with Crippen LogP contribution in [0, 0.1) is 0 Å². The number of likely N-dealkylation sites (tertiary alicyclic amines) is 1. The maximum atomic E-state index is 12.6. The molecule has 6 nitrogen and oxygen atoms in total. The van der Waals surface area contributed by atoms with E-state index in [0.29, 0.717) is 6.42 Å². The highest BCUT2D eigenvalue weighted by Gasteiger charge is 2.12. The van der Waals surface area contributed by atoms with Crippen LogP contribution in [0.3, 0.4) is 0 Å². The molecule has 3 aromatic carbocycles. The van der Waals surface area contributed by atoms with Crippen LogP contribution in [0.1, 0.15) is 18.4 Å². The Labute approximate surface area is 193 Å². The van der Waals surface area contributed by atoms with Crippen molar-refractivity contribution >= 4 is 22.5 Å². The van der Waals surface area contributed by atoms with Crippen molar-refractivity contribution in [1.82, 2.24) is 14.7 Å². The normalized spacial score (nSPS) is 13.9. The van der Waals surface area contributed by atoms with E-state index in [1.165, 1.54) is 25.9 Å². The number of fused-ring (bicyclic) bond motifs is 1. The standard InChI is InChI=1S/C27H28N4O2/c32-27(18-21-8-11-25(12-9-21)33-24-6-2-1-3-7-24)29-23-10-13-26-22(19-23)20-28-31(26)17-16-30-14-4-5-15-30/h1-3,6-13,19-20H,4-5,14-18H2,(H,29,32). The van der Waals surface area contributed by atoms with Crippen molar-refractivity contribution < 1.29 is 9.53 Å². The second kappa shape index (κ2) is 9.88. The number of ether oxygens (including phenoxy) is 1. The first-order valence-electron chi connectivity index (χ1n) is 11.5. The van der Waals surface area contributed by atoms with Gasteiger partial charge in [0.2, 0.25) is 5.91 Å². The highest BCUT2D eigenvalue weighted by molar-refractivity contribution is 5.94. The second-order valence-corrected chi connectivity index (χ2v) is 8.47. The van der Waals surface area contributed by atoms with E-state index >= 15 is 0 Å². The van der Waals surface area contributed by atoms with E-state index in [0.717, 1.165) is 46.7 Å². The summed E-state index contributed by atoms with van der Waals surface area (Å²) in [4.78, 5) is 15.1. The molecule has 0 bridgehead atoms. The molecule has 1 aromatic heterocycles. The van der Waals surface area contributed by atoms with E-state index < -0.39 is 0 Å². The molecule has 0 atom stereocenters. The molecule has 1 fully saturated rings. The van der Waals surface area contributed by atoms with Gasteiger partial charge in [-0.15, -0.1) is 0 Å². The molecular weight excluding hydrogens is 412 g/mol. The van der Waals surface area contributed by atoms with Gasteiger partial charge in [-0.1, -0.05) is 30.3 Å². The zero-order chi connectivity index (χ0) is 22.5. The summed E-state index contributed by atoms with van der Waals surface area (Å²) in [5, 5.41) is 8.59. The van der Waals surface area contributed by atoms with Gasteiger partial charge in [0.1, 0.15) is 11.5 Å². The number of amides is 1. The third-order valence-electron chi connectivity index (χ3n) is 6.02. The van der Waals surface area contributed by atoms with Gasteiger partial charge >= 0.3 is 0 Å². The summed E-state index contributed by atoms with van der Waals surface area (Å²) in [7, 11) is 0. The molecule has 33 heavy (non-hydrogen) atoms. The Kier molecular flexibility index (Phi) is 6.35. The average molecular weight is 441 g/mol. The van der Waals surface area contributed by atoms with Gasteiger partial charge < -0.3 is 15.0 Å².